The summed E-state index contributed by atoms with van der Waals surface area (Å²) in [7, 11) is 0. The molecule has 0 unspecified atom stereocenters. The summed E-state index contributed by atoms with van der Waals surface area (Å²) in [4.78, 5) is 4.28. The maximum atomic E-state index is 4.28. The third kappa shape index (κ3) is 2.32. The lowest BCUT2D eigenvalue weighted by atomic mass is 10.00. The van der Waals surface area contributed by atoms with E-state index in [0.29, 0.717) is 5.92 Å². The Kier molecular flexibility index (Phi) is 3.63. The smallest absolute Gasteiger partial charge is 0.0697 e. The summed E-state index contributed by atoms with van der Waals surface area (Å²) in [5, 5.41) is 0. The minimum atomic E-state index is 0.549. The first-order valence-electron chi connectivity index (χ1n) is 4.94. The second-order valence-corrected chi connectivity index (χ2v) is 3.56. The second-order valence-electron chi connectivity index (χ2n) is 3.56. The van der Waals surface area contributed by atoms with E-state index >= 15 is 0 Å². The van der Waals surface area contributed by atoms with Crippen molar-refractivity contribution in [2.75, 3.05) is 0 Å². The van der Waals surface area contributed by atoms with E-state index < -0.39 is 0 Å². The Morgan fingerprint density at radius 2 is 2.07 bits per heavy atom. The first-order valence-corrected chi connectivity index (χ1v) is 4.94. The van der Waals surface area contributed by atoms with Gasteiger partial charge in [-0.2, -0.15) is 0 Å². The van der Waals surface area contributed by atoms with Gasteiger partial charge >= 0.3 is 0 Å². The SMILES string of the molecule is C=Cc1cc(C(C)C)ccc1N=CC. The summed E-state index contributed by atoms with van der Waals surface area (Å²) in [6.07, 6.45) is 3.66. The molecule has 0 aliphatic rings. The fourth-order valence-corrected chi connectivity index (χ4v) is 1.35. The highest BCUT2D eigenvalue weighted by atomic mass is 14.7. The molecule has 0 saturated heterocycles. The van der Waals surface area contributed by atoms with Gasteiger partial charge in [0.05, 0.1) is 5.69 Å². The molecule has 1 rings (SSSR count). The molecule has 1 aromatic rings. The average molecular weight is 187 g/mol. The number of rotatable bonds is 3. The Hall–Kier alpha value is -1.37. The van der Waals surface area contributed by atoms with Crippen LogP contribution in [0, 0.1) is 0 Å². The Bertz CT molecular complexity index is 348. The molecule has 1 aromatic carbocycles. The van der Waals surface area contributed by atoms with E-state index in [0.717, 1.165) is 11.3 Å². The van der Waals surface area contributed by atoms with E-state index in [-0.39, 0.29) is 0 Å². The zero-order valence-electron chi connectivity index (χ0n) is 9.12. The van der Waals surface area contributed by atoms with Crippen molar-refractivity contribution < 1.29 is 0 Å². The van der Waals surface area contributed by atoms with Crippen LogP contribution >= 0.6 is 0 Å². The molecule has 0 atom stereocenters. The van der Waals surface area contributed by atoms with Crippen molar-refractivity contribution in [3.63, 3.8) is 0 Å². The average Bonchev–Trinajstić information content (AvgIpc) is 2.18. The Morgan fingerprint density at radius 1 is 1.36 bits per heavy atom. The van der Waals surface area contributed by atoms with Crippen LogP contribution in [0.5, 0.6) is 0 Å². The van der Waals surface area contributed by atoms with Gasteiger partial charge in [-0.25, -0.2) is 0 Å². The maximum Gasteiger partial charge on any atom is 0.0697 e. The van der Waals surface area contributed by atoms with Crippen LogP contribution in [0.1, 0.15) is 37.8 Å². The molecule has 0 fully saturated rings. The van der Waals surface area contributed by atoms with Gasteiger partial charge in [0.1, 0.15) is 0 Å². The first kappa shape index (κ1) is 10.7. The molecule has 0 spiro atoms. The third-order valence-electron chi connectivity index (χ3n) is 2.21. The van der Waals surface area contributed by atoms with Crippen LogP contribution < -0.4 is 0 Å². The standard InChI is InChI=1S/C13H17N/c1-5-11-9-12(10(3)4)7-8-13(11)14-6-2/h5-10H,1H2,2-4H3. The van der Waals surface area contributed by atoms with Crippen LogP contribution in [-0.4, -0.2) is 6.21 Å². The van der Waals surface area contributed by atoms with Crippen LogP contribution in [0.3, 0.4) is 0 Å². The highest BCUT2D eigenvalue weighted by molar-refractivity contribution is 5.69. The van der Waals surface area contributed by atoms with Crippen molar-refractivity contribution >= 4 is 18.0 Å². The van der Waals surface area contributed by atoms with Crippen LogP contribution in [0.2, 0.25) is 0 Å². The summed E-state index contributed by atoms with van der Waals surface area (Å²) in [6, 6.07) is 6.33. The predicted molar refractivity (Wildman–Crippen MR) is 64.4 cm³/mol. The molecule has 14 heavy (non-hydrogen) atoms. The number of nitrogens with zero attached hydrogens (tertiary/aromatic N) is 1. The largest absolute Gasteiger partial charge is 0.261 e. The van der Waals surface area contributed by atoms with Crippen molar-refractivity contribution in [2.45, 2.75) is 26.7 Å². The molecule has 1 nitrogen and oxygen atoms in total. The Labute approximate surface area is 86.2 Å². The number of benzene rings is 1. The van der Waals surface area contributed by atoms with Gasteiger partial charge in [0.2, 0.25) is 0 Å². The zero-order chi connectivity index (χ0) is 10.6. The second kappa shape index (κ2) is 4.75. The molecule has 0 N–H and O–H groups in total. The van der Waals surface area contributed by atoms with E-state index in [4.69, 9.17) is 0 Å². The van der Waals surface area contributed by atoms with E-state index in [1.54, 1.807) is 6.21 Å². The molecule has 0 heterocycles. The summed E-state index contributed by atoms with van der Waals surface area (Å²) >= 11 is 0. The fourth-order valence-electron chi connectivity index (χ4n) is 1.35. The molecular weight excluding hydrogens is 170 g/mol. The lowest BCUT2D eigenvalue weighted by Crippen LogP contribution is -1.87. The van der Waals surface area contributed by atoms with Gasteiger partial charge in [0, 0.05) is 6.21 Å². The van der Waals surface area contributed by atoms with Crippen LogP contribution in [-0.2, 0) is 0 Å². The lowest BCUT2D eigenvalue weighted by molar-refractivity contribution is 0.866. The summed E-state index contributed by atoms with van der Waals surface area (Å²) < 4.78 is 0. The minimum absolute atomic E-state index is 0.549. The predicted octanol–water partition coefficient (Wildman–Crippen LogP) is 4.18. The van der Waals surface area contributed by atoms with Gasteiger partial charge < -0.3 is 0 Å². The van der Waals surface area contributed by atoms with Crippen molar-refractivity contribution in [3.05, 3.63) is 35.9 Å². The van der Waals surface area contributed by atoms with E-state index in [1.807, 2.05) is 19.1 Å². The zero-order valence-corrected chi connectivity index (χ0v) is 9.12. The maximum absolute atomic E-state index is 4.28. The van der Waals surface area contributed by atoms with Crippen LogP contribution in [0.15, 0.2) is 29.8 Å². The number of aliphatic imine (C=N–C) groups is 1. The molecule has 0 aliphatic heterocycles. The fraction of sp³-hybridized carbons (Fsp3) is 0.308. The van der Waals surface area contributed by atoms with Gasteiger partial charge in [0.15, 0.2) is 0 Å². The van der Waals surface area contributed by atoms with Gasteiger partial charge in [-0.15, -0.1) is 0 Å². The van der Waals surface area contributed by atoms with Gasteiger partial charge in [-0.3, -0.25) is 4.99 Å². The van der Waals surface area contributed by atoms with Gasteiger partial charge in [-0.05, 0) is 36.1 Å². The Morgan fingerprint density at radius 3 is 2.57 bits per heavy atom. The molecule has 0 bridgehead atoms. The molecule has 0 amide bonds. The molecule has 0 radical (unpaired) electrons. The molecule has 1 heteroatoms. The van der Waals surface area contributed by atoms with Crippen molar-refractivity contribution in [2.24, 2.45) is 4.99 Å². The highest BCUT2D eigenvalue weighted by Crippen LogP contribution is 2.25. The molecule has 0 aromatic heterocycles. The Balaban J connectivity index is 3.17. The number of hydrogen-bond acceptors (Lipinski definition) is 1. The van der Waals surface area contributed by atoms with Crippen molar-refractivity contribution in [1.82, 2.24) is 0 Å². The normalized spacial score (nSPS) is 11.1. The third-order valence-corrected chi connectivity index (χ3v) is 2.21. The highest BCUT2D eigenvalue weighted by Gasteiger charge is 2.02. The van der Waals surface area contributed by atoms with E-state index in [1.165, 1.54) is 5.56 Å². The van der Waals surface area contributed by atoms with Gasteiger partial charge in [-0.1, -0.05) is 32.6 Å². The van der Waals surface area contributed by atoms with Crippen LogP contribution in [0.25, 0.3) is 6.08 Å². The minimum Gasteiger partial charge on any atom is -0.261 e. The quantitative estimate of drug-likeness (QED) is 0.629. The summed E-state index contributed by atoms with van der Waals surface area (Å²) in [5.41, 5.74) is 3.43. The molecular formula is C13H17N. The molecule has 74 valence electrons. The first-order chi connectivity index (χ1) is 6.69. The topological polar surface area (TPSA) is 12.4 Å². The van der Waals surface area contributed by atoms with Crippen molar-refractivity contribution in [3.8, 4) is 0 Å². The van der Waals surface area contributed by atoms with Gasteiger partial charge in [0.25, 0.3) is 0 Å². The van der Waals surface area contributed by atoms with E-state index in [9.17, 15) is 0 Å². The van der Waals surface area contributed by atoms with Crippen molar-refractivity contribution in [1.29, 1.82) is 0 Å². The summed E-state index contributed by atoms with van der Waals surface area (Å²) in [6.45, 7) is 10.1. The number of hydrogen-bond donors (Lipinski definition) is 0. The molecule has 0 saturated carbocycles. The monoisotopic (exact) mass is 187 g/mol. The summed E-state index contributed by atoms with van der Waals surface area (Å²) in [5.74, 6) is 0.549. The lowest BCUT2D eigenvalue weighted by Gasteiger charge is -2.08. The van der Waals surface area contributed by atoms with E-state index in [2.05, 4.69) is 37.6 Å². The molecule has 0 aliphatic carbocycles. The van der Waals surface area contributed by atoms with Crippen LogP contribution in [0.4, 0.5) is 5.69 Å².